The molecule has 4 heteroatoms. The summed E-state index contributed by atoms with van der Waals surface area (Å²) >= 11 is 0. The van der Waals surface area contributed by atoms with Crippen LogP contribution in [0.4, 0.5) is 0 Å². The molecule has 1 atom stereocenters. The van der Waals surface area contributed by atoms with Crippen LogP contribution in [-0.2, 0) is 16.4 Å². The molecule has 0 heterocycles. The Morgan fingerprint density at radius 2 is 1.62 bits per heavy atom. The molecule has 2 aromatic rings. The highest BCUT2D eigenvalue weighted by atomic mass is 32.2. The summed E-state index contributed by atoms with van der Waals surface area (Å²) in [7, 11) is -3.48. The van der Waals surface area contributed by atoms with Gasteiger partial charge in [0.1, 0.15) is 0 Å². The zero-order valence-electron chi connectivity index (χ0n) is 12.4. The monoisotopic (exact) mass is 303 g/mol. The maximum absolute atomic E-state index is 12.3. The number of nitrogens with one attached hydrogen (secondary N) is 1. The fraction of sp³-hybridized carbons (Fsp3) is 0.294. The largest absolute Gasteiger partial charge is 0.241 e. The van der Waals surface area contributed by atoms with Crippen molar-refractivity contribution in [3.05, 3.63) is 65.7 Å². The van der Waals surface area contributed by atoms with Crippen LogP contribution in [0, 0.1) is 0 Å². The Bertz CT molecular complexity index is 664. The zero-order chi connectivity index (χ0) is 15.3. The van der Waals surface area contributed by atoms with Crippen LogP contribution in [0.25, 0.3) is 0 Å². The molecule has 0 radical (unpaired) electrons. The highest BCUT2D eigenvalue weighted by Crippen LogP contribution is 2.18. The first-order chi connectivity index (χ1) is 10.0. The third-order valence-electron chi connectivity index (χ3n) is 3.40. The Balaban J connectivity index is 2.12. The molecule has 0 aliphatic carbocycles. The van der Waals surface area contributed by atoms with Crippen molar-refractivity contribution >= 4 is 10.0 Å². The number of aryl methyl sites for hydroxylation is 1. The van der Waals surface area contributed by atoms with Crippen molar-refractivity contribution in [2.45, 2.75) is 37.6 Å². The molecule has 0 bridgehead atoms. The molecule has 0 aromatic heterocycles. The molecule has 2 aromatic carbocycles. The van der Waals surface area contributed by atoms with Crippen LogP contribution < -0.4 is 4.72 Å². The summed E-state index contributed by atoms with van der Waals surface area (Å²) in [6.45, 7) is 4.00. The van der Waals surface area contributed by atoms with E-state index in [1.807, 2.05) is 19.1 Å². The van der Waals surface area contributed by atoms with E-state index in [9.17, 15) is 8.42 Å². The highest BCUT2D eigenvalue weighted by molar-refractivity contribution is 7.89. The predicted molar refractivity (Wildman–Crippen MR) is 85.6 cm³/mol. The van der Waals surface area contributed by atoms with E-state index in [1.165, 1.54) is 5.56 Å². The van der Waals surface area contributed by atoms with E-state index in [2.05, 4.69) is 23.8 Å². The molecule has 0 amide bonds. The van der Waals surface area contributed by atoms with E-state index in [-0.39, 0.29) is 6.04 Å². The molecule has 21 heavy (non-hydrogen) atoms. The third kappa shape index (κ3) is 4.16. The predicted octanol–water partition coefficient (Wildman–Crippen LogP) is 3.68. The Kier molecular flexibility index (Phi) is 5.15. The van der Waals surface area contributed by atoms with E-state index in [1.54, 1.807) is 30.3 Å². The van der Waals surface area contributed by atoms with Crippen molar-refractivity contribution in [2.75, 3.05) is 0 Å². The van der Waals surface area contributed by atoms with Crippen molar-refractivity contribution in [1.29, 1.82) is 0 Å². The minimum Gasteiger partial charge on any atom is -0.207 e. The summed E-state index contributed by atoms with van der Waals surface area (Å²) in [5.41, 5.74) is 2.24. The molecule has 0 saturated heterocycles. The van der Waals surface area contributed by atoms with Gasteiger partial charge >= 0.3 is 0 Å². The molecular formula is C17H21NO2S. The van der Waals surface area contributed by atoms with E-state index >= 15 is 0 Å². The number of rotatable bonds is 6. The second kappa shape index (κ2) is 6.87. The van der Waals surface area contributed by atoms with Gasteiger partial charge in [-0.3, -0.25) is 0 Å². The van der Waals surface area contributed by atoms with Crippen LogP contribution >= 0.6 is 0 Å². The summed E-state index contributed by atoms with van der Waals surface area (Å²) in [4.78, 5) is 0.291. The number of hydrogen-bond donors (Lipinski definition) is 1. The van der Waals surface area contributed by atoms with Gasteiger partial charge in [0.25, 0.3) is 0 Å². The van der Waals surface area contributed by atoms with Crippen LogP contribution in [0.1, 0.15) is 37.4 Å². The SMILES string of the molecule is CCCc1ccc(C(C)NS(=O)(=O)c2ccccc2)cc1. The quantitative estimate of drug-likeness (QED) is 0.885. The van der Waals surface area contributed by atoms with E-state index in [0.29, 0.717) is 4.90 Å². The Hall–Kier alpha value is -1.65. The van der Waals surface area contributed by atoms with Gasteiger partial charge in [-0.1, -0.05) is 55.8 Å². The van der Waals surface area contributed by atoms with Gasteiger partial charge in [0.2, 0.25) is 10.0 Å². The van der Waals surface area contributed by atoms with Gasteiger partial charge in [-0.2, -0.15) is 0 Å². The minimum atomic E-state index is -3.48. The lowest BCUT2D eigenvalue weighted by Gasteiger charge is -2.15. The lowest BCUT2D eigenvalue weighted by molar-refractivity contribution is 0.567. The molecule has 1 N–H and O–H groups in total. The molecule has 0 fully saturated rings. The van der Waals surface area contributed by atoms with Crippen LogP contribution in [0.5, 0.6) is 0 Å². The van der Waals surface area contributed by atoms with Gasteiger partial charge in [0.15, 0.2) is 0 Å². The fourth-order valence-corrected chi connectivity index (χ4v) is 3.48. The lowest BCUT2D eigenvalue weighted by atomic mass is 10.0. The van der Waals surface area contributed by atoms with E-state index in [0.717, 1.165) is 18.4 Å². The van der Waals surface area contributed by atoms with Gasteiger partial charge in [0.05, 0.1) is 4.90 Å². The van der Waals surface area contributed by atoms with Crippen molar-refractivity contribution in [2.24, 2.45) is 0 Å². The third-order valence-corrected chi connectivity index (χ3v) is 4.96. The van der Waals surface area contributed by atoms with Crippen molar-refractivity contribution in [3.8, 4) is 0 Å². The number of benzene rings is 2. The fourth-order valence-electron chi connectivity index (χ4n) is 2.23. The molecule has 0 saturated carbocycles. The molecule has 112 valence electrons. The Morgan fingerprint density at radius 1 is 1.00 bits per heavy atom. The van der Waals surface area contributed by atoms with Crippen molar-refractivity contribution in [1.82, 2.24) is 4.72 Å². The maximum atomic E-state index is 12.3. The first-order valence-electron chi connectivity index (χ1n) is 7.19. The highest BCUT2D eigenvalue weighted by Gasteiger charge is 2.17. The summed E-state index contributed by atoms with van der Waals surface area (Å²) < 4.78 is 27.3. The molecule has 2 rings (SSSR count). The van der Waals surface area contributed by atoms with Crippen LogP contribution in [0.3, 0.4) is 0 Å². The maximum Gasteiger partial charge on any atom is 0.241 e. The average molecular weight is 303 g/mol. The second-order valence-electron chi connectivity index (χ2n) is 5.15. The van der Waals surface area contributed by atoms with Crippen molar-refractivity contribution < 1.29 is 8.42 Å². The Labute approximate surface area is 127 Å². The summed E-state index contributed by atoms with van der Waals surface area (Å²) in [5.74, 6) is 0. The van der Waals surface area contributed by atoms with Gasteiger partial charge in [-0.05, 0) is 36.6 Å². The normalized spacial score (nSPS) is 13.0. The van der Waals surface area contributed by atoms with E-state index < -0.39 is 10.0 Å². The van der Waals surface area contributed by atoms with Gasteiger partial charge < -0.3 is 0 Å². The van der Waals surface area contributed by atoms with Crippen LogP contribution in [0.15, 0.2) is 59.5 Å². The smallest absolute Gasteiger partial charge is 0.207 e. The standard InChI is InChI=1S/C17H21NO2S/c1-3-7-15-10-12-16(13-11-15)14(2)18-21(19,20)17-8-5-4-6-9-17/h4-6,8-14,18H,3,7H2,1-2H3. The molecular weight excluding hydrogens is 282 g/mol. The van der Waals surface area contributed by atoms with Gasteiger partial charge in [-0.25, -0.2) is 13.1 Å². The molecule has 0 spiro atoms. The molecule has 0 aliphatic rings. The zero-order valence-corrected chi connectivity index (χ0v) is 13.2. The Morgan fingerprint density at radius 3 is 2.19 bits per heavy atom. The van der Waals surface area contributed by atoms with Crippen LogP contribution in [-0.4, -0.2) is 8.42 Å². The summed E-state index contributed by atoms with van der Waals surface area (Å²) in [6, 6.07) is 16.3. The van der Waals surface area contributed by atoms with E-state index in [4.69, 9.17) is 0 Å². The molecule has 0 aliphatic heterocycles. The topological polar surface area (TPSA) is 46.2 Å². The summed E-state index contributed by atoms with van der Waals surface area (Å²) in [5, 5.41) is 0. The van der Waals surface area contributed by atoms with Gasteiger partial charge in [-0.15, -0.1) is 0 Å². The lowest BCUT2D eigenvalue weighted by Crippen LogP contribution is -2.26. The first kappa shape index (κ1) is 15.7. The second-order valence-corrected chi connectivity index (χ2v) is 6.86. The minimum absolute atomic E-state index is 0.258. The average Bonchev–Trinajstić information content (AvgIpc) is 2.49. The molecule has 3 nitrogen and oxygen atoms in total. The molecule has 1 unspecified atom stereocenters. The van der Waals surface area contributed by atoms with Gasteiger partial charge in [0, 0.05) is 6.04 Å². The number of hydrogen-bond acceptors (Lipinski definition) is 2. The first-order valence-corrected chi connectivity index (χ1v) is 8.67. The van der Waals surface area contributed by atoms with Crippen LogP contribution in [0.2, 0.25) is 0 Å². The number of sulfonamides is 1. The summed E-state index contributed by atoms with van der Waals surface area (Å²) in [6.07, 6.45) is 2.15. The van der Waals surface area contributed by atoms with Crippen molar-refractivity contribution in [3.63, 3.8) is 0 Å².